The number of aryl methyl sites for hydroxylation is 2. The van der Waals surface area contributed by atoms with Crippen molar-refractivity contribution in [2.24, 2.45) is 0 Å². The van der Waals surface area contributed by atoms with Crippen LogP contribution in [0.4, 0.5) is 10.3 Å². The Balaban J connectivity index is 1.45. The van der Waals surface area contributed by atoms with Crippen molar-refractivity contribution < 1.29 is 9.59 Å². The molecule has 1 unspecified atom stereocenters. The Labute approximate surface area is 176 Å². The van der Waals surface area contributed by atoms with Crippen LogP contribution in [0.15, 0.2) is 30.3 Å². The Morgan fingerprint density at radius 1 is 1.00 bits per heavy atom. The van der Waals surface area contributed by atoms with Gasteiger partial charge in [0.15, 0.2) is 0 Å². The second kappa shape index (κ2) is 10.7. The zero-order chi connectivity index (χ0) is 20.5. The summed E-state index contributed by atoms with van der Waals surface area (Å²) in [6.07, 6.45) is 4.77. The Kier molecular flexibility index (Phi) is 7.77. The van der Waals surface area contributed by atoms with Crippen molar-refractivity contribution in [3.8, 4) is 0 Å². The van der Waals surface area contributed by atoms with Crippen LogP contribution in [0.1, 0.15) is 47.7 Å². The van der Waals surface area contributed by atoms with Crippen molar-refractivity contribution in [2.45, 2.75) is 44.9 Å². The quantitative estimate of drug-likeness (QED) is 0.355. The normalized spacial score (nSPS) is 11.8. The average Bonchev–Trinajstić information content (AvgIpc) is 3.36. The molecule has 0 aliphatic carbocycles. The summed E-state index contributed by atoms with van der Waals surface area (Å²) in [5.74, 6) is -0.258. The molecule has 0 fully saturated rings. The van der Waals surface area contributed by atoms with Crippen LogP contribution in [-0.2, 0) is 22.4 Å². The highest BCUT2D eigenvalue weighted by molar-refractivity contribution is 7.15. The van der Waals surface area contributed by atoms with E-state index in [1.807, 2.05) is 37.3 Å². The number of benzene rings is 1. The van der Waals surface area contributed by atoms with E-state index in [1.54, 1.807) is 0 Å². The molecule has 10 heteroatoms. The first-order valence-corrected chi connectivity index (χ1v) is 11.0. The van der Waals surface area contributed by atoms with Crippen LogP contribution in [0.2, 0.25) is 0 Å². The van der Waals surface area contributed by atoms with Crippen LogP contribution in [0.25, 0.3) is 0 Å². The van der Waals surface area contributed by atoms with Crippen molar-refractivity contribution in [2.75, 3.05) is 10.6 Å². The van der Waals surface area contributed by atoms with Gasteiger partial charge in [0, 0.05) is 12.8 Å². The number of nitrogens with one attached hydrogen (secondary N) is 2. The van der Waals surface area contributed by atoms with Gasteiger partial charge in [-0.05, 0) is 24.8 Å². The van der Waals surface area contributed by atoms with Crippen LogP contribution < -0.4 is 10.6 Å². The van der Waals surface area contributed by atoms with Crippen molar-refractivity contribution >= 4 is 45.3 Å². The molecule has 3 rings (SSSR count). The average molecular weight is 431 g/mol. The number of anilines is 2. The first-order chi connectivity index (χ1) is 14.2. The molecular formula is C19H22N6O2S2. The Hall–Kier alpha value is -2.72. The Morgan fingerprint density at radius 3 is 2.24 bits per heavy atom. The molecule has 0 aliphatic heterocycles. The van der Waals surface area contributed by atoms with E-state index in [0.29, 0.717) is 16.7 Å². The zero-order valence-corrected chi connectivity index (χ0v) is 17.6. The number of hydrogen-bond donors (Lipinski definition) is 2. The van der Waals surface area contributed by atoms with E-state index in [4.69, 9.17) is 0 Å². The third-order valence-electron chi connectivity index (χ3n) is 4.30. The van der Waals surface area contributed by atoms with Gasteiger partial charge in [-0.1, -0.05) is 59.9 Å². The molecule has 0 saturated heterocycles. The van der Waals surface area contributed by atoms with E-state index in [-0.39, 0.29) is 11.8 Å². The lowest BCUT2D eigenvalue weighted by molar-refractivity contribution is -0.117. The van der Waals surface area contributed by atoms with Crippen LogP contribution >= 0.6 is 22.7 Å². The van der Waals surface area contributed by atoms with Gasteiger partial charge >= 0.3 is 0 Å². The highest BCUT2D eigenvalue weighted by Crippen LogP contribution is 2.24. The fourth-order valence-corrected chi connectivity index (χ4v) is 4.40. The molecule has 2 heterocycles. The molecule has 0 bridgehead atoms. The minimum Gasteiger partial charge on any atom is -0.303 e. The van der Waals surface area contributed by atoms with Gasteiger partial charge in [-0.25, -0.2) is 0 Å². The van der Waals surface area contributed by atoms with Crippen LogP contribution in [-0.4, -0.2) is 32.7 Å². The van der Waals surface area contributed by atoms with E-state index in [9.17, 15) is 9.59 Å². The first-order valence-electron chi connectivity index (χ1n) is 9.40. The smallest absolute Gasteiger partial charge is 0.233 e. The van der Waals surface area contributed by atoms with Crippen molar-refractivity contribution in [3.63, 3.8) is 0 Å². The van der Waals surface area contributed by atoms with E-state index in [2.05, 4.69) is 31.0 Å². The molecule has 3 aromatic rings. The largest absolute Gasteiger partial charge is 0.303 e. The minimum absolute atomic E-state index is 0.0580. The number of carbonyl (C=O) groups is 2. The molecule has 152 valence electrons. The molecule has 8 nitrogen and oxygen atoms in total. The number of rotatable bonds is 11. The molecule has 0 saturated carbocycles. The van der Waals surface area contributed by atoms with Crippen LogP contribution in [0.3, 0.4) is 0 Å². The molecule has 2 aromatic heterocycles. The predicted molar refractivity (Wildman–Crippen MR) is 114 cm³/mol. The molecule has 2 amide bonds. The second-order valence-corrected chi connectivity index (χ2v) is 8.46. The van der Waals surface area contributed by atoms with Gasteiger partial charge in [0.1, 0.15) is 10.0 Å². The lowest BCUT2D eigenvalue weighted by Crippen LogP contribution is -2.20. The molecule has 29 heavy (non-hydrogen) atoms. The fourth-order valence-electron chi connectivity index (χ4n) is 2.87. The molecule has 1 atom stereocenters. The van der Waals surface area contributed by atoms with Crippen LogP contribution in [0, 0.1) is 0 Å². The zero-order valence-electron chi connectivity index (χ0n) is 16.0. The third kappa shape index (κ3) is 6.13. The van der Waals surface area contributed by atoms with Crippen molar-refractivity contribution in [3.05, 3.63) is 45.9 Å². The molecule has 1 aromatic carbocycles. The van der Waals surface area contributed by atoms with E-state index >= 15 is 0 Å². The van der Waals surface area contributed by atoms with Gasteiger partial charge in [-0.15, -0.1) is 20.4 Å². The maximum Gasteiger partial charge on any atom is 0.233 e. The summed E-state index contributed by atoms with van der Waals surface area (Å²) < 4.78 is 0. The monoisotopic (exact) mass is 430 g/mol. The number of nitrogens with zero attached hydrogens (tertiary/aromatic N) is 4. The topological polar surface area (TPSA) is 110 Å². The van der Waals surface area contributed by atoms with Gasteiger partial charge < -0.3 is 5.32 Å². The molecular weight excluding hydrogens is 408 g/mol. The number of carbonyl (C=O) groups excluding carboxylic acids is 2. The number of aromatic nitrogens is 4. The van der Waals surface area contributed by atoms with Crippen molar-refractivity contribution in [1.82, 2.24) is 20.4 Å². The summed E-state index contributed by atoms with van der Waals surface area (Å²) in [6, 6.07) is 9.76. The highest BCUT2D eigenvalue weighted by Gasteiger charge is 2.20. The van der Waals surface area contributed by atoms with Gasteiger partial charge in [-0.2, -0.15) is 0 Å². The van der Waals surface area contributed by atoms with Crippen LogP contribution in [0.5, 0.6) is 0 Å². The maximum absolute atomic E-state index is 12.6. The Morgan fingerprint density at radius 2 is 1.62 bits per heavy atom. The molecule has 2 N–H and O–H groups in total. The molecule has 0 radical (unpaired) electrons. The summed E-state index contributed by atoms with van der Waals surface area (Å²) in [5, 5.41) is 24.4. The first kappa shape index (κ1) is 21.0. The van der Waals surface area contributed by atoms with Gasteiger partial charge in [0.25, 0.3) is 0 Å². The maximum atomic E-state index is 12.6. The van der Waals surface area contributed by atoms with E-state index < -0.39 is 0 Å². The Bertz CT molecular complexity index is 928. The fraction of sp³-hybridized carbons (Fsp3) is 0.368. The lowest BCUT2D eigenvalue weighted by atomic mass is 9.96. The minimum atomic E-state index is -0.200. The summed E-state index contributed by atoms with van der Waals surface area (Å²) in [6.45, 7) is 2.00. The number of amides is 2. The van der Waals surface area contributed by atoms with Gasteiger partial charge in [0.05, 0.1) is 5.92 Å². The second-order valence-electron chi connectivity index (χ2n) is 6.33. The summed E-state index contributed by atoms with van der Waals surface area (Å²) in [7, 11) is 0. The highest BCUT2D eigenvalue weighted by atomic mass is 32.1. The van der Waals surface area contributed by atoms with Gasteiger partial charge in [0.2, 0.25) is 22.6 Å². The number of hydrogen-bond acceptors (Lipinski definition) is 8. The number of unbranched alkanes of at least 4 members (excludes halogenated alkanes) is 1. The summed E-state index contributed by atoms with van der Waals surface area (Å²) >= 11 is 2.79. The summed E-state index contributed by atoms with van der Waals surface area (Å²) in [5.41, 5.74) is 1.00. The molecule has 0 spiro atoms. The van der Waals surface area contributed by atoms with Crippen molar-refractivity contribution in [1.29, 1.82) is 0 Å². The molecule has 0 aliphatic rings. The third-order valence-corrected chi connectivity index (χ3v) is 6.12. The standard InChI is InChI=1S/C19H22N6O2S2/c1-2-14(13-8-4-3-5-9-13)17(27)21-19-25-23-16(29-19)11-7-6-10-15-22-24-18(28-15)20-12-26/h3-5,8-9,12,14H,2,6-7,10-11H2,1H3,(H,20,24,26)(H,21,25,27). The van der Waals surface area contributed by atoms with E-state index in [1.165, 1.54) is 22.7 Å². The summed E-state index contributed by atoms with van der Waals surface area (Å²) in [4.78, 5) is 23.0. The lowest BCUT2D eigenvalue weighted by Gasteiger charge is -2.13. The predicted octanol–water partition coefficient (Wildman–Crippen LogP) is 3.66. The van der Waals surface area contributed by atoms with Gasteiger partial charge in [-0.3, -0.25) is 14.9 Å². The van der Waals surface area contributed by atoms with E-state index in [0.717, 1.165) is 47.7 Å². The SMILES string of the molecule is CCC(C(=O)Nc1nnc(CCCCc2nnc(NC=O)s2)s1)c1ccccc1.